The molecule has 28 heavy (non-hydrogen) atoms. The van der Waals surface area contributed by atoms with Crippen LogP contribution in [0, 0.1) is 23.7 Å². The van der Waals surface area contributed by atoms with Crippen LogP contribution in [-0.4, -0.2) is 29.6 Å². The quantitative estimate of drug-likeness (QED) is 0.465. The molecule has 4 atom stereocenters. The lowest BCUT2D eigenvalue weighted by molar-refractivity contribution is -0.140. The molecule has 1 saturated carbocycles. The first-order chi connectivity index (χ1) is 13.7. The van der Waals surface area contributed by atoms with Crippen molar-refractivity contribution in [3.63, 3.8) is 0 Å². The average molecular weight is 374 g/mol. The minimum absolute atomic E-state index is 0.163. The number of imide groups is 1. The Balaban J connectivity index is 1.52. The molecule has 6 rings (SSSR count). The number of hydrazone groups is 1. The van der Waals surface area contributed by atoms with Crippen molar-refractivity contribution in [2.45, 2.75) is 19.8 Å². The maximum absolute atomic E-state index is 13.0. The van der Waals surface area contributed by atoms with Gasteiger partial charge in [0.05, 0.1) is 24.7 Å². The second-order valence-corrected chi connectivity index (χ2v) is 7.71. The number of carbonyl (C=O) groups is 2. The zero-order chi connectivity index (χ0) is 19.3. The van der Waals surface area contributed by atoms with Gasteiger partial charge in [-0.15, -0.1) is 0 Å². The summed E-state index contributed by atoms with van der Waals surface area (Å²) in [7, 11) is 0. The van der Waals surface area contributed by atoms with Gasteiger partial charge in [0.2, 0.25) is 0 Å². The summed E-state index contributed by atoms with van der Waals surface area (Å²) in [6.45, 7) is 2.46. The Morgan fingerprint density at radius 1 is 1.04 bits per heavy atom. The number of hydrogen-bond donors (Lipinski definition) is 0. The maximum atomic E-state index is 13.0. The van der Waals surface area contributed by atoms with E-state index in [9.17, 15) is 9.59 Å². The molecular formula is C23H22N2O3. The summed E-state index contributed by atoms with van der Waals surface area (Å²) in [5, 5.41) is 7.51. The van der Waals surface area contributed by atoms with Crippen LogP contribution in [0.25, 0.3) is 10.8 Å². The second-order valence-electron chi connectivity index (χ2n) is 7.71. The molecule has 3 aliphatic carbocycles. The van der Waals surface area contributed by atoms with Crippen LogP contribution in [0.2, 0.25) is 0 Å². The highest BCUT2D eigenvalue weighted by molar-refractivity contribution is 6.08. The molecule has 0 aromatic heterocycles. The van der Waals surface area contributed by atoms with Crippen LogP contribution in [-0.2, 0) is 9.59 Å². The van der Waals surface area contributed by atoms with Crippen LogP contribution in [0.1, 0.15) is 25.3 Å². The topological polar surface area (TPSA) is 59.0 Å². The summed E-state index contributed by atoms with van der Waals surface area (Å²) in [5.74, 6) is 0.223. The summed E-state index contributed by atoms with van der Waals surface area (Å²) in [5.41, 5.74) is 0.788. The first-order valence-electron chi connectivity index (χ1n) is 9.93. The van der Waals surface area contributed by atoms with Crippen LogP contribution in [0.3, 0.4) is 0 Å². The van der Waals surface area contributed by atoms with Crippen LogP contribution in [0.4, 0.5) is 0 Å². The van der Waals surface area contributed by atoms with Gasteiger partial charge in [-0.25, -0.2) is 0 Å². The molecule has 1 heterocycles. The van der Waals surface area contributed by atoms with Crippen molar-refractivity contribution in [3.8, 4) is 5.75 Å². The van der Waals surface area contributed by atoms with Crippen LogP contribution in [0.15, 0.2) is 53.7 Å². The van der Waals surface area contributed by atoms with Gasteiger partial charge >= 0.3 is 0 Å². The van der Waals surface area contributed by atoms with Gasteiger partial charge in [0.1, 0.15) is 5.75 Å². The van der Waals surface area contributed by atoms with E-state index in [1.165, 1.54) is 0 Å². The van der Waals surface area contributed by atoms with Crippen molar-refractivity contribution >= 4 is 28.8 Å². The monoisotopic (exact) mass is 374 g/mol. The predicted octanol–water partition coefficient (Wildman–Crippen LogP) is 3.77. The van der Waals surface area contributed by atoms with Gasteiger partial charge in [-0.05, 0) is 48.4 Å². The first-order valence-corrected chi connectivity index (χ1v) is 9.93. The SMILES string of the molecule is CCOc1ccc2ccccc2c1/C=N\N1C(=O)[C@@H]2[C@H](C1=O)[C@@H]1C=C[C@H]2CC1. The Morgan fingerprint density at radius 2 is 1.71 bits per heavy atom. The van der Waals surface area contributed by atoms with Gasteiger partial charge < -0.3 is 4.74 Å². The third kappa shape index (κ3) is 2.49. The van der Waals surface area contributed by atoms with Gasteiger partial charge in [-0.1, -0.05) is 42.5 Å². The normalized spacial score (nSPS) is 28.5. The lowest BCUT2D eigenvalue weighted by atomic mass is 9.63. The van der Waals surface area contributed by atoms with E-state index >= 15 is 0 Å². The van der Waals surface area contributed by atoms with Crippen molar-refractivity contribution in [2.24, 2.45) is 28.8 Å². The van der Waals surface area contributed by atoms with Gasteiger partial charge in [0, 0.05) is 5.56 Å². The Kier molecular flexibility index (Phi) is 4.04. The van der Waals surface area contributed by atoms with E-state index < -0.39 is 0 Å². The molecule has 142 valence electrons. The molecule has 5 nitrogen and oxygen atoms in total. The van der Waals surface area contributed by atoms with Crippen molar-refractivity contribution in [1.82, 2.24) is 5.01 Å². The molecule has 0 spiro atoms. The molecule has 1 saturated heterocycles. The second kappa shape index (κ2) is 6.59. The molecule has 0 unspecified atom stereocenters. The molecule has 4 aliphatic rings. The average Bonchev–Trinajstić information content (AvgIpc) is 3.00. The fourth-order valence-corrected chi connectivity index (χ4v) is 4.98. The summed E-state index contributed by atoms with van der Waals surface area (Å²) >= 11 is 0. The number of amides is 2. The fraction of sp³-hybridized carbons (Fsp3) is 0.348. The molecule has 2 aromatic carbocycles. The molecule has 2 amide bonds. The smallest absolute Gasteiger partial charge is 0.254 e. The Morgan fingerprint density at radius 3 is 2.36 bits per heavy atom. The first kappa shape index (κ1) is 17.2. The molecule has 2 bridgehead atoms. The molecule has 2 aromatic rings. The molecular weight excluding hydrogens is 352 g/mol. The third-order valence-electron chi connectivity index (χ3n) is 6.27. The van der Waals surface area contributed by atoms with Crippen LogP contribution < -0.4 is 4.74 Å². The highest BCUT2D eigenvalue weighted by Crippen LogP contribution is 2.49. The van der Waals surface area contributed by atoms with Crippen LogP contribution >= 0.6 is 0 Å². The number of ether oxygens (including phenoxy) is 1. The van der Waals surface area contributed by atoms with E-state index in [2.05, 4.69) is 17.3 Å². The van der Waals surface area contributed by atoms with Gasteiger partial charge in [0.25, 0.3) is 11.8 Å². The van der Waals surface area contributed by atoms with Crippen molar-refractivity contribution < 1.29 is 14.3 Å². The Bertz CT molecular complexity index is 994. The number of nitrogens with zero attached hydrogens (tertiary/aromatic N) is 2. The predicted molar refractivity (Wildman–Crippen MR) is 107 cm³/mol. The van der Waals surface area contributed by atoms with E-state index in [1.807, 2.05) is 43.3 Å². The van der Waals surface area contributed by atoms with E-state index in [-0.39, 0.29) is 35.5 Å². The number of carbonyl (C=O) groups excluding carboxylic acids is 2. The van der Waals surface area contributed by atoms with Crippen molar-refractivity contribution in [1.29, 1.82) is 0 Å². The van der Waals surface area contributed by atoms with Crippen LogP contribution in [0.5, 0.6) is 5.75 Å². The molecule has 0 N–H and O–H groups in total. The molecule has 5 heteroatoms. The minimum atomic E-state index is -0.243. The highest BCUT2D eigenvalue weighted by Gasteiger charge is 2.56. The number of hydrogen-bond acceptors (Lipinski definition) is 4. The number of allylic oxidation sites excluding steroid dienone is 2. The standard InChI is InChI=1S/C23H22N2O3/c1-2-28-19-12-11-14-5-3-4-6-17(14)18(19)13-24-25-22(26)20-15-7-8-16(10-9-15)21(20)23(25)27/h3-8,11-13,15-16,20-21H,2,9-10H2,1H3/b24-13-/t15-,16+,20-,21+. The van der Waals surface area contributed by atoms with Gasteiger partial charge in [-0.2, -0.15) is 10.1 Å². The van der Waals surface area contributed by atoms with E-state index in [0.29, 0.717) is 12.4 Å². The summed E-state index contributed by atoms with van der Waals surface area (Å²) < 4.78 is 5.76. The lowest BCUT2D eigenvalue weighted by Gasteiger charge is -2.37. The zero-order valence-electron chi connectivity index (χ0n) is 15.7. The number of benzene rings is 2. The zero-order valence-corrected chi connectivity index (χ0v) is 15.7. The van der Waals surface area contributed by atoms with Crippen molar-refractivity contribution in [3.05, 3.63) is 54.1 Å². The summed E-state index contributed by atoms with van der Waals surface area (Å²) in [6, 6.07) is 11.9. The highest BCUT2D eigenvalue weighted by atomic mass is 16.5. The maximum Gasteiger partial charge on any atom is 0.254 e. The third-order valence-corrected chi connectivity index (χ3v) is 6.27. The van der Waals surface area contributed by atoms with E-state index in [0.717, 1.165) is 34.2 Å². The van der Waals surface area contributed by atoms with Gasteiger partial charge in [0.15, 0.2) is 0 Å². The number of fused-ring (bicyclic) bond motifs is 2. The largest absolute Gasteiger partial charge is 0.493 e. The minimum Gasteiger partial charge on any atom is -0.493 e. The number of rotatable bonds is 4. The van der Waals surface area contributed by atoms with E-state index in [4.69, 9.17) is 4.74 Å². The van der Waals surface area contributed by atoms with E-state index in [1.54, 1.807) is 6.21 Å². The van der Waals surface area contributed by atoms with Gasteiger partial charge in [-0.3, -0.25) is 9.59 Å². The molecule has 1 aliphatic heterocycles. The molecule has 0 radical (unpaired) electrons. The Hall–Kier alpha value is -2.95. The molecule has 2 fully saturated rings. The fourth-order valence-electron chi connectivity index (χ4n) is 4.98. The Labute approximate surface area is 163 Å². The summed E-state index contributed by atoms with van der Waals surface area (Å²) in [4.78, 5) is 25.9. The van der Waals surface area contributed by atoms with Crippen molar-refractivity contribution in [2.75, 3.05) is 6.61 Å². The summed E-state index contributed by atoms with van der Waals surface area (Å²) in [6.07, 6.45) is 7.81. The lowest BCUT2D eigenvalue weighted by Crippen LogP contribution is -2.38.